The van der Waals surface area contributed by atoms with E-state index in [0.717, 1.165) is 17.7 Å². The van der Waals surface area contributed by atoms with Gasteiger partial charge in [0.25, 0.3) is 0 Å². The molecule has 1 saturated heterocycles. The van der Waals surface area contributed by atoms with Crippen molar-refractivity contribution < 1.29 is 4.74 Å². The second-order valence-electron chi connectivity index (χ2n) is 4.52. The molecule has 0 aromatic carbocycles. The fourth-order valence-electron chi connectivity index (χ4n) is 2.43. The molecule has 0 N–H and O–H groups in total. The van der Waals surface area contributed by atoms with Gasteiger partial charge in [0.05, 0.1) is 6.61 Å². The molecule has 2 aromatic rings. The maximum absolute atomic E-state index is 5.20. The fourth-order valence-corrected chi connectivity index (χ4v) is 3.65. The van der Waals surface area contributed by atoms with Crippen LogP contribution in [-0.2, 0) is 11.3 Å². The Morgan fingerprint density at radius 1 is 1.56 bits per heavy atom. The lowest BCUT2D eigenvalue weighted by Gasteiger charge is -2.12. The van der Waals surface area contributed by atoms with Crippen LogP contribution in [0.2, 0.25) is 0 Å². The molecule has 4 nitrogen and oxygen atoms in total. The van der Waals surface area contributed by atoms with Crippen LogP contribution in [0.4, 0.5) is 0 Å². The summed E-state index contributed by atoms with van der Waals surface area (Å²) in [6, 6.07) is 3.99. The number of thioether (sulfide) groups is 1. The standard InChI is InChI=1S/C13H17N3OS/c1-17-7-6-16-12(10-4-8-18-9-10)15-11-3-2-5-14-13(11)16/h2-3,5,10H,4,6-9H2,1H3. The number of imidazole rings is 1. The lowest BCUT2D eigenvalue weighted by molar-refractivity contribution is 0.187. The molecule has 3 heterocycles. The van der Waals surface area contributed by atoms with Crippen molar-refractivity contribution in [3.8, 4) is 0 Å². The molecule has 5 heteroatoms. The van der Waals surface area contributed by atoms with E-state index in [-0.39, 0.29) is 0 Å². The average Bonchev–Trinajstić information content (AvgIpc) is 3.03. The highest BCUT2D eigenvalue weighted by molar-refractivity contribution is 7.99. The van der Waals surface area contributed by atoms with Crippen LogP contribution in [0.1, 0.15) is 18.2 Å². The third kappa shape index (κ3) is 2.12. The number of nitrogens with zero attached hydrogens (tertiary/aromatic N) is 3. The monoisotopic (exact) mass is 263 g/mol. The van der Waals surface area contributed by atoms with Gasteiger partial charge in [-0.25, -0.2) is 9.97 Å². The number of rotatable bonds is 4. The summed E-state index contributed by atoms with van der Waals surface area (Å²) < 4.78 is 7.43. The lowest BCUT2D eigenvalue weighted by atomic mass is 10.1. The van der Waals surface area contributed by atoms with Crippen molar-refractivity contribution in [3.63, 3.8) is 0 Å². The van der Waals surface area contributed by atoms with Crippen LogP contribution in [-0.4, -0.2) is 39.8 Å². The number of fused-ring (bicyclic) bond motifs is 1. The third-order valence-corrected chi connectivity index (χ3v) is 4.51. The highest BCUT2D eigenvalue weighted by atomic mass is 32.2. The van der Waals surface area contributed by atoms with Crippen molar-refractivity contribution in [2.75, 3.05) is 25.2 Å². The molecule has 2 aromatic heterocycles. The minimum Gasteiger partial charge on any atom is -0.383 e. The average molecular weight is 263 g/mol. The number of hydrogen-bond acceptors (Lipinski definition) is 4. The zero-order chi connectivity index (χ0) is 12.4. The van der Waals surface area contributed by atoms with Crippen LogP contribution in [0.3, 0.4) is 0 Å². The zero-order valence-corrected chi connectivity index (χ0v) is 11.3. The van der Waals surface area contributed by atoms with Crippen LogP contribution in [0, 0.1) is 0 Å². The molecule has 1 fully saturated rings. The van der Waals surface area contributed by atoms with Crippen molar-refractivity contribution in [2.45, 2.75) is 18.9 Å². The summed E-state index contributed by atoms with van der Waals surface area (Å²) in [5.74, 6) is 4.17. The van der Waals surface area contributed by atoms with E-state index >= 15 is 0 Å². The Hall–Kier alpha value is -1.07. The first-order chi connectivity index (χ1) is 8.90. The van der Waals surface area contributed by atoms with Gasteiger partial charge in [-0.15, -0.1) is 0 Å². The van der Waals surface area contributed by atoms with E-state index < -0.39 is 0 Å². The predicted molar refractivity (Wildman–Crippen MR) is 74.1 cm³/mol. The molecule has 0 spiro atoms. The van der Waals surface area contributed by atoms with Crippen molar-refractivity contribution in [2.24, 2.45) is 0 Å². The van der Waals surface area contributed by atoms with Crippen LogP contribution in [0.25, 0.3) is 11.2 Å². The van der Waals surface area contributed by atoms with Gasteiger partial charge in [-0.05, 0) is 24.3 Å². The smallest absolute Gasteiger partial charge is 0.160 e. The molecule has 0 saturated carbocycles. The summed E-state index contributed by atoms with van der Waals surface area (Å²) in [5.41, 5.74) is 1.99. The molecular weight excluding hydrogens is 246 g/mol. The maximum atomic E-state index is 5.20. The topological polar surface area (TPSA) is 39.9 Å². The molecule has 1 aliphatic rings. The van der Waals surface area contributed by atoms with E-state index in [1.807, 2.05) is 30.1 Å². The Balaban J connectivity index is 2.04. The first-order valence-corrected chi connectivity index (χ1v) is 7.43. The molecule has 1 unspecified atom stereocenters. The number of ether oxygens (including phenoxy) is 1. The largest absolute Gasteiger partial charge is 0.383 e. The van der Waals surface area contributed by atoms with E-state index in [9.17, 15) is 0 Å². The van der Waals surface area contributed by atoms with Gasteiger partial charge in [0.1, 0.15) is 11.3 Å². The predicted octanol–water partition coefficient (Wildman–Crippen LogP) is 2.30. The van der Waals surface area contributed by atoms with Crippen molar-refractivity contribution >= 4 is 22.9 Å². The summed E-state index contributed by atoms with van der Waals surface area (Å²) in [5, 5.41) is 0. The molecule has 0 amide bonds. The van der Waals surface area contributed by atoms with Crippen molar-refractivity contribution in [1.29, 1.82) is 0 Å². The normalized spacial score (nSPS) is 19.7. The summed E-state index contributed by atoms with van der Waals surface area (Å²) in [6.07, 6.45) is 3.06. The Kier molecular flexibility index (Phi) is 3.52. The van der Waals surface area contributed by atoms with Crippen LogP contribution < -0.4 is 0 Å². The van der Waals surface area contributed by atoms with E-state index in [4.69, 9.17) is 9.72 Å². The van der Waals surface area contributed by atoms with Gasteiger partial charge in [0, 0.05) is 31.5 Å². The van der Waals surface area contributed by atoms with Crippen LogP contribution in [0.5, 0.6) is 0 Å². The van der Waals surface area contributed by atoms with Gasteiger partial charge in [0.2, 0.25) is 0 Å². The Morgan fingerprint density at radius 2 is 2.50 bits per heavy atom. The Morgan fingerprint density at radius 3 is 3.28 bits per heavy atom. The third-order valence-electron chi connectivity index (χ3n) is 3.35. The van der Waals surface area contributed by atoms with Crippen molar-refractivity contribution in [3.05, 3.63) is 24.2 Å². The first-order valence-electron chi connectivity index (χ1n) is 6.28. The minimum absolute atomic E-state index is 0.570. The second kappa shape index (κ2) is 5.28. The molecule has 96 valence electrons. The van der Waals surface area contributed by atoms with Gasteiger partial charge in [-0.2, -0.15) is 11.8 Å². The highest BCUT2D eigenvalue weighted by Crippen LogP contribution is 2.33. The van der Waals surface area contributed by atoms with E-state index in [2.05, 4.69) is 9.55 Å². The molecule has 0 aliphatic carbocycles. The Bertz CT molecular complexity index is 534. The van der Waals surface area contributed by atoms with Gasteiger partial charge >= 0.3 is 0 Å². The molecule has 0 bridgehead atoms. The van der Waals surface area contributed by atoms with E-state index in [1.54, 1.807) is 7.11 Å². The minimum atomic E-state index is 0.570. The SMILES string of the molecule is COCCn1c(C2CCSC2)nc2cccnc21. The maximum Gasteiger partial charge on any atom is 0.160 e. The molecule has 1 atom stereocenters. The molecule has 1 aliphatic heterocycles. The van der Waals surface area contributed by atoms with Crippen LogP contribution >= 0.6 is 11.8 Å². The summed E-state index contributed by atoms with van der Waals surface area (Å²) >= 11 is 2.01. The van der Waals surface area contributed by atoms with Crippen LogP contribution in [0.15, 0.2) is 18.3 Å². The van der Waals surface area contributed by atoms with E-state index in [0.29, 0.717) is 12.5 Å². The molecule has 0 radical (unpaired) electrons. The molecule has 18 heavy (non-hydrogen) atoms. The van der Waals surface area contributed by atoms with Gasteiger partial charge in [-0.3, -0.25) is 0 Å². The summed E-state index contributed by atoms with van der Waals surface area (Å²) in [4.78, 5) is 9.24. The van der Waals surface area contributed by atoms with Crippen molar-refractivity contribution in [1.82, 2.24) is 14.5 Å². The quantitative estimate of drug-likeness (QED) is 0.848. The lowest BCUT2D eigenvalue weighted by Crippen LogP contribution is -2.12. The number of hydrogen-bond donors (Lipinski definition) is 0. The summed E-state index contributed by atoms with van der Waals surface area (Å²) in [7, 11) is 1.73. The van der Waals surface area contributed by atoms with Gasteiger partial charge < -0.3 is 9.30 Å². The number of pyridine rings is 1. The van der Waals surface area contributed by atoms with Gasteiger partial charge in [0.15, 0.2) is 5.65 Å². The first kappa shape index (κ1) is 12.0. The Labute approximate surface area is 111 Å². The fraction of sp³-hybridized carbons (Fsp3) is 0.538. The van der Waals surface area contributed by atoms with Gasteiger partial charge in [-0.1, -0.05) is 0 Å². The molecule has 3 rings (SSSR count). The summed E-state index contributed by atoms with van der Waals surface area (Å²) in [6.45, 7) is 1.54. The second-order valence-corrected chi connectivity index (χ2v) is 5.67. The van der Waals surface area contributed by atoms with E-state index in [1.165, 1.54) is 23.8 Å². The number of aromatic nitrogens is 3. The number of methoxy groups -OCH3 is 1. The zero-order valence-electron chi connectivity index (χ0n) is 10.5. The highest BCUT2D eigenvalue weighted by Gasteiger charge is 2.24. The molecular formula is C13H17N3OS.